The molecule has 1 N–H and O–H groups in total. The van der Waals surface area contributed by atoms with Crippen molar-refractivity contribution < 1.29 is 18.7 Å². The second kappa shape index (κ2) is 9.48. The minimum atomic E-state index is -0.295. The summed E-state index contributed by atoms with van der Waals surface area (Å²) >= 11 is 0. The van der Waals surface area contributed by atoms with Crippen molar-refractivity contribution in [2.75, 3.05) is 40.0 Å². The van der Waals surface area contributed by atoms with E-state index in [-0.39, 0.29) is 17.8 Å². The number of hydrogen-bond donors (Lipinski definition) is 1. The molecular formula is C21H25FN2O3. The van der Waals surface area contributed by atoms with Crippen molar-refractivity contribution in [2.24, 2.45) is 0 Å². The lowest BCUT2D eigenvalue weighted by Gasteiger charge is -2.36. The van der Waals surface area contributed by atoms with Gasteiger partial charge in [-0.2, -0.15) is 0 Å². The lowest BCUT2D eigenvalue weighted by atomic mass is 10.0. The Morgan fingerprint density at radius 3 is 2.89 bits per heavy atom. The standard InChI is InChI=1S/C21H25FN2O3/c1-26-11-4-12-27-19-8-3-6-17(14-19)21(25)24-10-9-23-15-20(24)16-5-2-7-18(22)13-16/h2-3,5-8,13-14,20,23H,4,9-12,15H2,1H3. The van der Waals surface area contributed by atoms with Crippen molar-refractivity contribution >= 4 is 5.91 Å². The van der Waals surface area contributed by atoms with Gasteiger partial charge in [-0.1, -0.05) is 18.2 Å². The van der Waals surface area contributed by atoms with Gasteiger partial charge in [-0.15, -0.1) is 0 Å². The molecule has 0 aromatic heterocycles. The summed E-state index contributed by atoms with van der Waals surface area (Å²) in [6.07, 6.45) is 0.786. The Morgan fingerprint density at radius 1 is 1.22 bits per heavy atom. The van der Waals surface area contributed by atoms with E-state index in [1.54, 1.807) is 30.2 Å². The zero-order chi connectivity index (χ0) is 19.1. The van der Waals surface area contributed by atoms with Gasteiger partial charge in [-0.3, -0.25) is 4.79 Å². The smallest absolute Gasteiger partial charge is 0.254 e. The molecule has 1 saturated heterocycles. The molecule has 1 atom stereocenters. The minimum absolute atomic E-state index is 0.0758. The van der Waals surface area contributed by atoms with E-state index in [4.69, 9.17) is 9.47 Å². The quantitative estimate of drug-likeness (QED) is 0.759. The zero-order valence-electron chi connectivity index (χ0n) is 15.5. The van der Waals surface area contributed by atoms with Gasteiger partial charge in [-0.05, 0) is 35.9 Å². The topological polar surface area (TPSA) is 50.8 Å². The highest BCUT2D eigenvalue weighted by Crippen LogP contribution is 2.26. The third-order valence-corrected chi connectivity index (χ3v) is 4.58. The van der Waals surface area contributed by atoms with Crippen molar-refractivity contribution in [3.05, 3.63) is 65.5 Å². The Kier molecular flexibility index (Phi) is 6.79. The van der Waals surface area contributed by atoms with Gasteiger partial charge < -0.3 is 19.7 Å². The van der Waals surface area contributed by atoms with E-state index in [9.17, 15) is 9.18 Å². The minimum Gasteiger partial charge on any atom is -0.493 e. The molecule has 144 valence electrons. The van der Waals surface area contributed by atoms with E-state index in [1.807, 2.05) is 18.2 Å². The van der Waals surface area contributed by atoms with Gasteiger partial charge in [0.25, 0.3) is 5.91 Å². The molecule has 1 amide bonds. The maximum Gasteiger partial charge on any atom is 0.254 e. The highest BCUT2D eigenvalue weighted by atomic mass is 19.1. The number of ether oxygens (including phenoxy) is 2. The predicted octanol–water partition coefficient (Wildman–Crippen LogP) is 3.03. The Bertz CT molecular complexity index is 769. The maximum atomic E-state index is 13.7. The van der Waals surface area contributed by atoms with Crippen LogP contribution in [-0.2, 0) is 4.74 Å². The molecule has 6 heteroatoms. The second-order valence-corrected chi connectivity index (χ2v) is 6.50. The number of piperazine rings is 1. The lowest BCUT2D eigenvalue weighted by molar-refractivity contribution is 0.0633. The molecule has 1 heterocycles. The van der Waals surface area contributed by atoms with Gasteiger partial charge in [0.2, 0.25) is 0 Å². The molecule has 0 bridgehead atoms. The van der Waals surface area contributed by atoms with E-state index in [1.165, 1.54) is 12.1 Å². The number of hydrogen-bond acceptors (Lipinski definition) is 4. The van der Waals surface area contributed by atoms with Gasteiger partial charge in [0.1, 0.15) is 11.6 Å². The molecule has 1 fully saturated rings. The first-order valence-corrected chi connectivity index (χ1v) is 9.18. The molecule has 0 saturated carbocycles. The van der Waals surface area contributed by atoms with Crippen molar-refractivity contribution in [3.8, 4) is 5.75 Å². The van der Waals surface area contributed by atoms with Gasteiger partial charge in [0.15, 0.2) is 0 Å². The van der Waals surface area contributed by atoms with Crippen molar-refractivity contribution in [1.29, 1.82) is 0 Å². The Labute approximate surface area is 159 Å². The van der Waals surface area contributed by atoms with E-state index >= 15 is 0 Å². The first-order chi connectivity index (χ1) is 13.2. The SMILES string of the molecule is COCCCOc1cccc(C(=O)N2CCNCC2c2cccc(F)c2)c1. The van der Waals surface area contributed by atoms with E-state index < -0.39 is 0 Å². The van der Waals surface area contributed by atoms with Crippen LogP contribution in [0.25, 0.3) is 0 Å². The largest absolute Gasteiger partial charge is 0.493 e. The first-order valence-electron chi connectivity index (χ1n) is 9.18. The number of carbonyl (C=O) groups is 1. The van der Waals surface area contributed by atoms with Crippen LogP contribution in [0, 0.1) is 5.82 Å². The third kappa shape index (κ3) is 5.05. The van der Waals surface area contributed by atoms with Gasteiger partial charge in [0.05, 0.1) is 12.6 Å². The van der Waals surface area contributed by atoms with Crippen LogP contribution < -0.4 is 10.1 Å². The van der Waals surface area contributed by atoms with Crippen LogP contribution in [-0.4, -0.2) is 50.8 Å². The molecule has 1 aliphatic heterocycles. The number of nitrogens with zero attached hydrogens (tertiary/aromatic N) is 1. The summed E-state index contributed by atoms with van der Waals surface area (Å²) < 4.78 is 24.4. The van der Waals surface area contributed by atoms with Crippen molar-refractivity contribution in [2.45, 2.75) is 12.5 Å². The van der Waals surface area contributed by atoms with Crippen LogP contribution in [0.4, 0.5) is 4.39 Å². The molecule has 2 aromatic carbocycles. The number of methoxy groups -OCH3 is 1. The van der Waals surface area contributed by atoms with Crippen LogP contribution >= 0.6 is 0 Å². The molecular weight excluding hydrogens is 347 g/mol. The van der Waals surface area contributed by atoms with Gasteiger partial charge >= 0.3 is 0 Å². The van der Waals surface area contributed by atoms with Crippen molar-refractivity contribution in [3.63, 3.8) is 0 Å². The molecule has 0 spiro atoms. The van der Waals surface area contributed by atoms with Crippen LogP contribution in [0.1, 0.15) is 28.4 Å². The summed E-state index contributed by atoms with van der Waals surface area (Å²) in [5.74, 6) is 0.291. The average Bonchev–Trinajstić information content (AvgIpc) is 2.71. The summed E-state index contributed by atoms with van der Waals surface area (Å²) in [6, 6.07) is 13.4. The molecule has 1 aliphatic rings. The number of amides is 1. The fourth-order valence-corrected chi connectivity index (χ4v) is 3.24. The number of halogens is 1. The average molecular weight is 372 g/mol. The van der Waals surface area contributed by atoms with E-state index in [2.05, 4.69) is 5.32 Å². The first kappa shape index (κ1) is 19.3. The Hall–Kier alpha value is -2.44. The van der Waals surface area contributed by atoms with Crippen LogP contribution in [0.15, 0.2) is 48.5 Å². The summed E-state index contributed by atoms with van der Waals surface area (Å²) in [4.78, 5) is 14.9. The Morgan fingerprint density at radius 2 is 2.07 bits per heavy atom. The monoisotopic (exact) mass is 372 g/mol. The van der Waals surface area contributed by atoms with Gasteiger partial charge in [-0.25, -0.2) is 4.39 Å². The zero-order valence-corrected chi connectivity index (χ0v) is 15.5. The molecule has 5 nitrogen and oxygen atoms in total. The van der Waals surface area contributed by atoms with E-state index in [0.29, 0.717) is 44.2 Å². The Balaban J connectivity index is 1.74. The number of carbonyl (C=O) groups excluding carboxylic acids is 1. The number of nitrogens with one attached hydrogen (secondary N) is 1. The molecule has 0 radical (unpaired) electrons. The highest BCUT2D eigenvalue weighted by Gasteiger charge is 2.29. The highest BCUT2D eigenvalue weighted by molar-refractivity contribution is 5.95. The second-order valence-electron chi connectivity index (χ2n) is 6.50. The molecule has 2 aromatic rings. The van der Waals surface area contributed by atoms with Crippen LogP contribution in [0.3, 0.4) is 0 Å². The maximum absolute atomic E-state index is 13.7. The fourth-order valence-electron chi connectivity index (χ4n) is 3.24. The summed E-state index contributed by atoms with van der Waals surface area (Å²) in [7, 11) is 1.65. The molecule has 3 rings (SSSR count). The summed E-state index contributed by atoms with van der Waals surface area (Å²) in [5, 5.41) is 3.29. The predicted molar refractivity (Wildman–Crippen MR) is 101 cm³/mol. The van der Waals surface area contributed by atoms with E-state index in [0.717, 1.165) is 12.0 Å². The number of benzene rings is 2. The van der Waals surface area contributed by atoms with Gasteiger partial charge in [0, 0.05) is 45.3 Å². The fraction of sp³-hybridized carbons (Fsp3) is 0.381. The van der Waals surface area contributed by atoms with Crippen LogP contribution in [0.5, 0.6) is 5.75 Å². The molecule has 0 aliphatic carbocycles. The number of rotatable bonds is 7. The lowest BCUT2D eigenvalue weighted by Crippen LogP contribution is -2.48. The third-order valence-electron chi connectivity index (χ3n) is 4.58. The van der Waals surface area contributed by atoms with Crippen molar-refractivity contribution in [1.82, 2.24) is 10.2 Å². The van der Waals surface area contributed by atoms with Crippen LogP contribution in [0.2, 0.25) is 0 Å². The normalized spacial score (nSPS) is 17.0. The molecule has 1 unspecified atom stereocenters. The molecule has 27 heavy (non-hydrogen) atoms. The summed E-state index contributed by atoms with van der Waals surface area (Å²) in [6.45, 7) is 3.05. The summed E-state index contributed by atoms with van der Waals surface area (Å²) in [5.41, 5.74) is 1.37.